The smallest absolute Gasteiger partial charge is 0.321 e. The fraction of sp³-hybridized carbons (Fsp3) is 0.591. The Morgan fingerprint density at radius 2 is 2.00 bits per heavy atom. The summed E-state index contributed by atoms with van der Waals surface area (Å²) in [5, 5.41) is 2.92. The van der Waals surface area contributed by atoms with E-state index in [1.54, 1.807) is 16.9 Å². The molecule has 0 aromatic heterocycles. The number of hydrogen-bond donors (Lipinski definition) is 2. The number of benzene rings is 1. The summed E-state index contributed by atoms with van der Waals surface area (Å²) in [6.45, 7) is 7.86. The van der Waals surface area contributed by atoms with Gasteiger partial charge in [0.25, 0.3) is 5.91 Å². The molecular formula is C22H33N5O3. The Labute approximate surface area is 178 Å². The standard InChI is InChI=1S/C22H33N5O3/c1-15(2)13-22(3)19(28)27(20(23)25-22)14-16-9-11-26(12-10-16)21(29)24-17-7-5-6-8-18(17)30-4/h5-8,15-16H,9-14H2,1-4H3,(H2,23,25)(H,24,29). The van der Waals surface area contributed by atoms with E-state index < -0.39 is 5.54 Å². The number of urea groups is 1. The van der Waals surface area contributed by atoms with Gasteiger partial charge in [0.15, 0.2) is 5.96 Å². The Bertz CT molecular complexity index is 817. The molecule has 1 saturated heterocycles. The van der Waals surface area contributed by atoms with Gasteiger partial charge in [-0.25, -0.2) is 9.79 Å². The zero-order valence-corrected chi connectivity index (χ0v) is 18.4. The summed E-state index contributed by atoms with van der Waals surface area (Å²) in [6, 6.07) is 7.21. The second kappa shape index (κ2) is 8.93. The zero-order valence-electron chi connectivity index (χ0n) is 18.4. The molecule has 1 fully saturated rings. The van der Waals surface area contributed by atoms with E-state index in [4.69, 9.17) is 10.5 Å². The van der Waals surface area contributed by atoms with Gasteiger partial charge in [0.05, 0.1) is 12.8 Å². The van der Waals surface area contributed by atoms with Crippen LogP contribution in [-0.4, -0.2) is 60.0 Å². The highest BCUT2D eigenvalue weighted by Crippen LogP contribution is 2.30. The molecule has 0 spiro atoms. The molecule has 1 atom stereocenters. The third kappa shape index (κ3) is 4.68. The molecule has 2 heterocycles. The minimum Gasteiger partial charge on any atom is -0.495 e. The molecule has 2 aliphatic heterocycles. The van der Waals surface area contributed by atoms with E-state index in [0.717, 1.165) is 12.8 Å². The lowest BCUT2D eigenvalue weighted by Crippen LogP contribution is -2.48. The molecule has 8 nitrogen and oxygen atoms in total. The van der Waals surface area contributed by atoms with Gasteiger partial charge in [-0.3, -0.25) is 9.69 Å². The lowest BCUT2D eigenvalue weighted by molar-refractivity contribution is -0.131. The molecular weight excluding hydrogens is 382 g/mol. The van der Waals surface area contributed by atoms with E-state index in [1.807, 2.05) is 31.2 Å². The van der Waals surface area contributed by atoms with Crippen LogP contribution in [0.25, 0.3) is 0 Å². The van der Waals surface area contributed by atoms with Crippen molar-refractivity contribution in [3.8, 4) is 5.75 Å². The van der Waals surface area contributed by atoms with E-state index in [9.17, 15) is 9.59 Å². The summed E-state index contributed by atoms with van der Waals surface area (Å²) in [6.07, 6.45) is 2.32. The van der Waals surface area contributed by atoms with Gasteiger partial charge in [-0.2, -0.15) is 0 Å². The number of ether oxygens (including phenoxy) is 1. The van der Waals surface area contributed by atoms with Gasteiger partial charge < -0.3 is 20.7 Å². The summed E-state index contributed by atoms with van der Waals surface area (Å²) < 4.78 is 5.29. The molecule has 0 aliphatic carbocycles. The highest BCUT2D eigenvalue weighted by atomic mass is 16.5. The number of likely N-dealkylation sites (tertiary alicyclic amines) is 1. The first-order valence-corrected chi connectivity index (χ1v) is 10.6. The largest absolute Gasteiger partial charge is 0.495 e. The van der Waals surface area contributed by atoms with Gasteiger partial charge in [-0.1, -0.05) is 26.0 Å². The number of carbonyl (C=O) groups is 2. The first-order chi connectivity index (χ1) is 14.2. The third-order valence-corrected chi connectivity index (χ3v) is 5.84. The number of hydrogen-bond acceptors (Lipinski definition) is 5. The van der Waals surface area contributed by atoms with Gasteiger partial charge in [0.2, 0.25) is 0 Å². The summed E-state index contributed by atoms with van der Waals surface area (Å²) in [4.78, 5) is 33.5. The molecule has 8 heteroatoms. The molecule has 1 aromatic rings. The quantitative estimate of drug-likeness (QED) is 0.746. The van der Waals surface area contributed by atoms with Crippen LogP contribution in [0.2, 0.25) is 0 Å². The van der Waals surface area contributed by atoms with Crippen LogP contribution in [-0.2, 0) is 4.79 Å². The average molecular weight is 416 g/mol. The molecule has 1 unspecified atom stereocenters. The molecule has 0 radical (unpaired) electrons. The summed E-state index contributed by atoms with van der Waals surface area (Å²) in [7, 11) is 1.58. The number of carbonyl (C=O) groups excluding carboxylic acids is 2. The van der Waals surface area contributed by atoms with E-state index in [0.29, 0.717) is 55.3 Å². The van der Waals surface area contributed by atoms with Crippen LogP contribution in [0.1, 0.15) is 40.0 Å². The Kier molecular flexibility index (Phi) is 6.53. The molecule has 1 aromatic carbocycles. The van der Waals surface area contributed by atoms with Crippen molar-refractivity contribution in [2.45, 2.75) is 45.6 Å². The molecule has 0 saturated carbocycles. The number of para-hydroxylation sites is 2. The van der Waals surface area contributed by atoms with Crippen molar-refractivity contribution in [3.05, 3.63) is 24.3 Å². The summed E-state index contributed by atoms with van der Waals surface area (Å²) in [5.74, 6) is 1.59. The van der Waals surface area contributed by atoms with Crippen molar-refractivity contribution in [2.24, 2.45) is 22.6 Å². The first kappa shape index (κ1) is 21.9. The van der Waals surface area contributed by atoms with Crippen LogP contribution in [0.15, 0.2) is 29.3 Å². The normalized spacial score (nSPS) is 22.4. The predicted octanol–water partition coefficient (Wildman–Crippen LogP) is 2.90. The topological polar surface area (TPSA) is 100 Å². The van der Waals surface area contributed by atoms with Crippen molar-refractivity contribution >= 4 is 23.6 Å². The minimum atomic E-state index is -0.756. The number of nitrogens with two attached hydrogens (primary N) is 1. The number of piperidine rings is 1. The Balaban J connectivity index is 1.53. The van der Waals surface area contributed by atoms with Crippen LogP contribution in [0.3, 0.4) is 0 Å². The van der Waals surface area contributed by atoms with Gasteiger partial charge in [0.1, 0.15) is 11.3 Å². The molecule has 3 rings (SSSR count). The minimum absolute atomic E-state index is 0.00922. The summed E-state index contributed by atoms with van der Waals surface area (Å²) >= 11 is 0. The van der Waals surface area contributed by atoms with Crippen LogP contribution in [0.5, 0.6) is 5.75 Å². The maximum absolute atomic E-state index is 12.9. The van der Waals surface area contributed by atoms with Crippen molar-refractivity contribution in [1.82, 2.24) is 9.80 Å². The average Bonchev–Trinajstić information content (AvgIpc) is 2.91. The highest BCUT2D eigenvalue weighted by Gasteiger charge is 2.44. The van der Waals surface area contributed by atoms with Crippen LogP contribution in [0.4, 0.5) is 10.5 Å². The number of anilines is 1. The van der Waals surface area contributed by atoms with E-state index >= 15 is 0 Å². The molecule has 164 valence electrons. The van der Waals surface area contributed by atoms with Crippen LogP contribution >= 0.6 is 0 Å². The number of methoxy groups -OCH3 is 1. The number of amides is 3. The molecule has 3 N–H and O–H groups in total. The fourth-order valence-electron chi connectivity index (χ4n) is 4.38. The van der Waals surface area contributed by atoms with Gasteiger partial charge in [-0.05, 0) is 50.2 Å². The Morgan fingerprint density at radius 3 is 2.63 bits per heavy atom. The number of rotatable bonds is 6. The Morgan fingerprint density at radius 1 is 1.33 bits per heavy atom. The number of nitrogens with one attached hydrogen (secondary N) is 1. The second-order valence-corrected chi connectivity index (χ2v) is 8.82. The first-order valence-electron chi connectivity index (χ1n) is 10.6. The van der Waals surface area contributed by atoms with Crippen molar-refractivity contribution in [1.29, 1.82) is 0 Å². The fourth-order valence-corrected chi connectivity index (χ4v) is 4.38. The number of aliphatic imine (C=N–C) groups is 1. The molecule has 3 amide bonds. The highest BCUT2D eigenvalue weighted by molar-refractivity contribution is 6.06. The third-order valence-electron chi connectivity index (χ3n) is 5.84. The maximum atomic E-state index is 12.9. The van der Waals surface area contributed by atoms with E-state index in [-0.39, 0.29) is 11.9 Å². The molecule has 30 heavy (non-hydrogen) atoms. The van der Waals surface area contributed by atoms with Gasteiger partial charge in [0, 0.05) is 19.6 Å². The van der Waals surface area contributed by atoms with Crippen molar-refractivity contribution < 1.29 is 14.3 Å². The monoisotopic (exact) mass is 415 g/mol. The lowest BCUT2D eigenvalue weighted by Gasteiger charge is -2.34. The van der Waals surface area contributed by atoms with Crippen molar-refractivity contribution in [3.63, 3.8) is 0 Å². The van der Waals surface area contributed by atoms with Crippen molar-refractivity contribution in [2.75, 3.05) is 32.1 Å². The van der Waals surface area contributed by atoms with Crippen LogP contribution in [0, 0.1) is 11.8 Å². The summed E-state index contributed by atoms with van der Waals surface area (Å²) in [5.41, 5.74) is 5.99. The predicted molar refractivity (Wildman–Crippen MR) is 118 cm³/mol. The lowest BCUT2D eigenvalue weighted by atomic mass is 9.90. The van der Waals surface area contributed by atoms with Crippen LogP contribution < -0.4 is 15.8 Å². The molecule has 0 bridgehead atoms. The van der Waals surface area contributed by atoms with Gasteiger partial charge >= 0.3 is 6.03 Å². The second-order valence-electron chi connectivity index (χ2n) is 8.82. The molecule has 2 aliphatic rings. The number of guanidine groups is 1. The Hall–Kier alpha value is -2.77. The zero-order chi connectivity index (χ0) is 21.9. The van der Waals surface area contributed by atoms with Gasteiger partial charge in [-0.15, -0.1) is 0 Å². The SMILES string of the molecule is COc1ccccc1NC(=O)N1CCC(CN2C(=O)C(C)(CC(C)C)N=C2N)CC1. The van der Waals surface area contributed by atoms with E-state index in [1.165, 1.54) is 0 Å². The van der Waals surface area contributed by atoms with E-state index in [2.05, 4.69) is 24.2 Å². The number of nitrogens with zero attached hydrogens (tertiary/aromatic N) is 3. The maximum Gasteiger partial charge on any atom is 0.321 e.